The summed E-state index contributed by atoms with van der Waals surface area (Å²) in [5.41, 5.74) is 8.17. The fourth-order valence-electron chi connectivity index (χ4n) is 2.50. The number of benzene rings is 1. The SMILES string of the molecule is Cc1cccc(CN(C)C(=O)CC(CN)CC(C)C)c1. The summed E-state index contributed by atoms with van der Waals surface area (Å²) in [5, 5.41) is 0. The Morgan fingerprint density at radius 1 is 1.35 bits per heavy atom. The summed E-state index contributed by atoms with van der Waals surface area (Å²) < 4.78 is 0. The number of aryl methyl sites for hydroxylation is 1. The van der Waals surface area contributed by atoms with Crippen LogP contribution in [0, 0.1) is 18.8 Å². The second kappa shape index (κ2) is 8.05. The zero-order valence-corrected chi connectivity index (χ0v) is 13.2. The van der Waals surface area contributed by atoms with Gasteiger partial charge in [0.2, 0.25) is 5.91 Å². The summed E-state index contributed by atoms with van der Waals surface area (Å²) in [4.78, 5) is 14.1. The van der Waals surface area contributed by atoms with E-state index in [1.165, 1.54) is 11.1 Å². The van der Waals surface area contributed by atoms with Crippen molar-refractivity contribution in [2.24, 2.45) is 17.6 Å². The number of nitrogens with two attached hydrogens (primary N) is 1. The van der Waals surface area contributed by atoms with Gasteiger partial charge in [-0.1, -0.05) is 43.7 Å². The Morgan fingerprint density at radius 2 is 2.05 bits per heavy atom. The van der Waals surface area contributed by atoms with Gasteiger partial charge >= 0.3 is 0 Å². The molecule has 0 radical (unpaired) electrons. The molecule has 1 aromatic carbocycles. The third-order valence-electron chi connectivity index (χ3n) is 3.53. The first-order chi connectivity index (χ1) is 9.42. The molecule has 0 heterocycles. The molecule has 0 saturated carbocycles. The van der Waals surface area contributed by atoms with Gasteiger partial charge in [0.15, 0.2) is 0 Å². The molecule has 0 aliphatic carbocycles. The summed E-state index contributed by atoms with van der Waals surface area (Å²) in [7, 11) is 1.87. The number of rotatable bonds is 7. The van der Waals surface area contributed by atoms with Crippen LogP contribution in [-0.4, -0.2) is 24.4 Å². The van der Waals surface area contributed by atoms with E-state index in [9.17, 15) is 4.79 Å². The van der Waals surface area contributed by atoms with E-state index in [4.69, 9.17) is 5.73 Å². The van der Waals surface area contributed by atoms with Gasteiger partial charge in [0.1, 0.15) is 0 Å². The molecule has 1 aromatic rings. The zero-order chi connectivity index (χ0) is 15.1. The maximum Gasteiger partial charge on any atom is 0.222 e. The van der Waals surface area contributed by atoms with Crippen molar-refractivity contribution >= 4 is 5.91 Å². The van der Waals surface area contributed by atoms with Crippen LogP contribution in [0.5, 0.6) is 0 Å². The van der Waals surface area contributed by atoms with Crippen LogP contribution < -0.4 is 5.73 Å². The van der Waals surface area contributed by atoms with Gasteiger partial charge in [-0.15, -0.1) is 0 Å². The van der Waals surface area contributed by atoms with Gasteiger partial charge in [-0.3, -0.25) is 4.79 Å². The monoisotopic (exact) mass is 276 g/mol. The van der Waals surface area contributed by atoms with Crippen molar-refractivity contribution in [3.05, 3.63) is 35.4 Å². The second-order valence-electron chi connectivity index (χ2n) is 6.17. The van der Waals surface area contributed by atoms with Crippen molar-refractivity contribution < 1.29 is 4.79 Å². The highest BCUT2D eigenvalue weighted by atomic mass is 16.2. The first-order valence-electron chi connectivity index (χ1n) is 7.42. The average molecular weight is 276 g/mol. The van der Waals surface area contributed by atoms with Gasteiger partial charge in [-0.05, 0) is 37.3 Å². The maximum absolute atomic E-state index is 12.3. The third kappa shape index (κ3) is 5.74. The number of hydrogen-bond donors (Lipinski definition) is 1. The number of carbonyl (C=O) groups is 1. The summed E-state index contributed by atoms with van der Waals surface area (Å²) in [6.45, 7) is 7.66. The third-order valence-corrected chi connectivity index (χ3v) is 3.53. The van der Waals surface area contributed by atoms with E-state index in [0.29, 0.717) is 31.3 Å². The van der Waals surface area contributed by atoms with Crippen LogP contribution in [0.4, 0.5) is 0 Å². The Balaban J connectivity index is 2.54. The molecule has 0 aliphatic rings. The van der Waals surface area contributed by atoms with E-state index < -0.39 is 0 Å². The first-order valence-corrected chi connectivity index (χ1v) is 7.42. The molecule has 0 saturated heterocycles. The standard InChI is InChI=1S/C17H28N2O/c1-13(2)8-16(11-18)10-17(20)19(4)12-15-7-5-6-14(3)9-15/h5-7,9,13,16H,8,10-12,18H2,1-4H3. The summed E-state index contributed by atoms with van der Waals surface area (Å²) in [6, 6.07) is 8.28. The van der Waals surface area contributed by atoms with Gasteiger partial charge in [0.25, 0.3) is 0 Å². The highest BCUT2D eigenvalue weighted by molar-refractivity contribution is 5.76. The molecular formula is C17H28N2O. The lowest BCUT2D eigenvalue weighted by atomic mass is 9.94. The Hall–Kier alpha value is -1.35. The summed E-state index contributed by atoms with van der Waals surface area (Å²) >= 11 is 0. The molecule has 20 heavy (non-hydrogen) atoms. The van der Waals surface area contributed by atoms with Crippen LogP contribution in [0.2, 0.25) is 0 Å². The van der Waals surface area contributed by atoms with E-state index in [2.05, 4.69) is 39.0 Å². The van der Waals surface area contributed by atoms with Crippen LogP contribution >= 0.6 is 0 Å². The fourth-order valence-corrected chi connectivity index (χ4v) is 2.50. The van der Waals surface area contributed by atoms with E-state index in [-0.39, 0.29) is 5.91 Å². The van der Waals surface area contributed by atoms with E-state index in [1.807, 2.05) is 13.1 Å². The maximum atomic E-state index is 12.3. The normalized spacial score (nSPS) is 12.5. The van der Waals surface area contributed by atoms with Crippen LogP contribution in [-0.2, 0) is 11.3 Å². The molecule has 1 atom stereocenters. The Kier molecular flexibility index (Phi) is 6.73. The van der Waals surface area contributed by atoms with Crippen molar-refractivity contribution in [2.75, 3.05) is 13.6 Å². The van der Waals surface area contributed by atoms with Crippen molar-refractivity contribution in [1.82, 2.24) is 4.90 Å². The summed E-state index contributed by atoms with van der Waals surface area (Å²) in [5.74, 6) is 1.06. The molecule has 112 valence electrons. The van der Waals surface area contributed by atoms with E-state index >= 15 is 0 Å². The minimum atomic E-state index is 0.183. The van der Waals surface area contributed by atoms with Gasteiger partial charge in [0.05, 0.1) is 0 Å². The molecule has 0 aromatic heterocycles. The van der Waals surface area contributed by atoms with Crippen LogP contribution in [0.1, 0.15) is 37.8 Å². The number of carbonyl (C=O) groups excluding carboxylic acids is 1. The molecule has 1 rings (SSSR count). The topological polar surface area (TPSA) is 46.3 Å². The predicted octanol–water partition coefficient (Wildman–Crippen LogP) is 2.96. The molecule has 0 aliphatic heterocycles. The lowest BCUT2D eigenvalue weighted by Gasteiger charge is -2.22. The van der Waals surface area contributed by atoms with Crippen LogP contribution in [0.25, 0.3) is 0 Å². The van der Waals surface area contributed by atoms with Crippen molar-refractivity contribution in [3.8, 4) is 0 Å². The predicted molar refractivity (Wildman–Crippen MR) is 84.3 cm³/mol. The van der Waals surface area contributed by atoms with Crippen molar-refractivity contribution in [2.45, 2.75) is 40.2 Å². The molecular weight excluding hydrogens is 248 g/mol. The molecule has 1 unspecified atom stereocenters. The molecule has 0 fully saturated rings. The number of hydrogen-bond acceptors (Lipinski definition) is 2. The fraction of sp³-hybridized carbons (Fsp3) is 0.588. The lowest BCUT2D eigenvalue weighted by Crippen LogP contribution is -2.30. The van der Waals surface area contributed by atoms with Gasteiger partial charge in [-0.25, -0.2) is 0 Å². The molecule has 1 amide bonds. The largest absolute Gasteiger partial charge is 0.341 e. The van der Waals surface area contributed by atoms with Crippen LogP contribution in [0.3, 0.4) is 0 Å². The minimum absolute atomic E-state index is 0.183. The second-order valence-corrected chi connectivity index (χ2v) is 6.17. The Labute approximate surface area is 123 Å². The van der Waals surface area contributed by atoms with Crippen molar-refractivity contribution in [3.63, 3.8) is 0 Å². The molecule has 3 nitrogen and oxygen atoms in total. The van der Waals surface area contributed by atoms with E-state index in [0.717, 1.165) is 6.42 Å². The molecule has 3 heteroatoms. The molecule has 2 N–H and O–H groups in total. The lowest BCUT2D eigenvalue weighted by molar-refractivity contribution is -0.131. The molecule has 0 spiro atoms. The quantitative estimate of drug-likeness (QED) is 0.832. The van der Waals surface area contributed by atoms with Crippen LogP contribution in [0.15, 0.2) is 24.3 Å². The Bertz CT molecular complexity index is 429. The molecule has 0 bridgehead atoms. The van der Waals surface area contributed by atoms with Gasteiger partial charge < -0.3 is 10.6 Å². The van der Waals surface area contributed by atoms with E-state index in [1.54, 1.807) is 4.90 Å². The first kappa shape index (κ1) is 16.7. The minimum Gasteiger partial charge on any atom is -0.341 e. The highest BCUT2D eigenvalue weighted by Crippen LogP contribution is 2.16. The highest BCUT2D eigenvalue weighted by Gasteiger charge is 2.17. The van der Waals surface area contributed by atoms with Gasteiger partial charge in [-0.2, -0.15) is 0 Å². The number of nitrogens with zero attached hydrogens (tertiary/aromatic N) is 1. The van der Waals surface area contributed by atoms with Gasteiger partial charge in [0, 0.05) is 20.0 Å². The summed E-state index contributed by atoms with van der Waals surface area (Å²) in [6.07, 6.45) is 1.57. The Morgan fingerprint density at radius 3 is 2.60 bits per heavy atom. The number of amides is 1. The average Bonchev–Trinajstić information content (AvgIpc) is 2.37. The smallest absolute Gasteiger partial charge is 0.222 e. The zero-order valence-electron chi connectivity index (χ0n) is 13.2. The van der Waals surface area contributed by atoms with Crippen molar-refractivity contribution in [1.29, 1.82) is 0 Å².